The molecule has 25 heavy (non-hydrogen) atoms. The first-order chi connectivity index (χ1) is 11.6. The molecule has 0 aromatic heterocycles. The number of carbonyl (C=O) groups is 1. The van der Waals surface area contributed by atoms with E-state index in [1.165, 1.54) is 56.6 Å². The summed E-state index contributed by atoms with van der Waals surface area (Å²) in [5.74, 6) is -0.507. The molecule has 0 unspecified atom stereocenters. The van der Waals surface area contributed by atoms with Crippen molar-refractivity contribution in [2.75, 3.05) is 19.4 Å². The molecule has 132 valence electrons. The average Bonchev–Trinajstić information content (AvgIpc) is 2.56. The molecule has 2 aromatic rings. The van der Waals surface area contributed by atoms with Crippen molar-refractivity contribution < 1.29 is 18.1 Å². The van der Waals surface area contributed by atoms with Crippen molar-refractivity contribution in [3.05, 3.63) is 63.7 Å². The van der Waals surface area contributed by atoms with Crippen molar-refractivity contribution >= 4 is 27.3 Å². The number of benzene rings is 2. The number of amides is 1. The Kier molecular flexibility index (Phi) is 5.19. The Hall–Kier alpha value is -2.78. The Balaban J connectivity index is 2.29. The van der Waals surface area contributed by atoms with Crippen LogP contribution in [0.1, 0.15) is 15.9 Å². The summed E-state index contributed by atoms with van der Waals surface area (Å²) < 4.78 is 25.4. The van der Waals surface area contributed by atoms with Crippen molar-refractivity contribution in [2.45, 2.75) is 11.8 Å². The SMILES string of the molecule is Cc1cc([N+](=O)[O-])ccc1NC(=O)c1cccc(S(=O)(=O)N(C)C)c1. The lowest BCUT2D eigenvalue weighted by Crippen LogP contribution is -2.22. The van der Waals surface area contributed by atoms with Crippen LogP contribution in [0.3, 0.4) is 0 Å². The number of hydrogen-bond donors (Lipinski definition) is 1. The van der Waals surface area contributed by atoms with E-state index in [1.54, 1.807) is 6.92 Å². The van der Waals surface area contributed by atoms with Crippen LogP contribution < -0.4 is 5.32 Å². The van der Waals surface area contributed by atoms with Crippen LogP contribution in [-0.4, -0.2) is 37.6 Å². The third-order valence-electron chi connectivity index (χ3n) is 3.54. The van der Waals surface area contributed by atoms with Gasteiger partial charge in [-0.2, -0.15) is 0 Å². The molecular formula is C16H17N3O5S. The number of rotatable bonds is 5. The summed E-state index contributed by atoms with van der Waals surface area (Å²) in [5, 5.41) is 13.4. The predicted octanol–water partition coefficient (Wildman–Crippen LogP) is 2.41. The van der Waals surface area contributed by atoms with E-state index in [-0.39, 0.29) is 16.1 Å². The molecule has 0 atom stereocenters. The minimum absolute atomic E-state index is 0.00516. The van der Waals surface area contributed by atoms with Crippen LogP contribution in [0.15, 0.2) is 47.4 Å². The number of nitrogens with zero attached hydrogens (tertiary/aromatic N) is 2. The highest BCUT2D eigenvalue weighted by Gasteiger charge is 2.19. The number of nitrogens with one attached hydrogen (secondary N) is 1. The number of nitro benzene ring substituents is 1. The molecule has 1 amide bonds. The van der Waals surface area contributed by atoms with Gasteiger partial charge in [0.15, 0.2) is 0 Å². The Morgan fingerprint density at radius 1 is 1.16 bits per heavy atom. The van der Waals surface area contributed by atoms with E-state index in [2.05, 4.69) is 5.32 Å². The fraction of sp³-hybridized carbons (Fsp3) is 0.188. The zero-order valence-electron chi connectivity index (χ0n) is 13.9. The number of carbonyl (C=O) groups excluding carboxylic acids is 1. The van der Waals surface area contributed by atoms with E-state index >= 15 is 0 Å². The Labute approximate surface area is 145 Å². The summed E-state index contributed by atoms with van der Waals surface area (Å²) in [4.78, 5) is 22.6. The molecule has 8 nitrogen and oxygen atoms in total. The van der Waals surface area contributed by atoms with Gasteiger partial charge in [0.2, 0.25) is 10.0 Å². The Morgan fingerprint density at radius 3 is 2.40 bits per heavy atom. The Morgan fingerprint density at radius 2 is 1.84 bits per heavy atom. The van der Waals surface area contributed by atoms with Gasteiger partial charge in [-0.05, 0) is 36.8 Å². The second kappa shape index (κ2) is 6.99. The fourth-order valence-electron chi connectivity index (χ4n) is 2.10. The van der Waals surface area contributed by atoms with Gasteiger partial charge in [-0.3, -0.25) is 14.9 Å². The average molecular weight is 363 g/mol. The van der Waals surface area contributed by atoms with Gasteiger partial charge in [-0.15, -0.1) is 0 Å². The van der Waals surface area contributed by atoms with Gasteiger partial charge in [0.1, 0.15) is 0 Å². The van der Waals surface area contributed by atoms with E-state index in [0.717, 1.165) is 4.31 Å². The molecule has 2 aromatic carbocycles. The smallest absolute Gasteiger partial charge is 0.269 e. The summed E-state index contributed by atoms with van der Waals surface area (Å²) >= 11 is 0. The molecular weight excluding hydrogens is 346 g/mol. The molecule has 0 aliphatic rings. The number of anilines is 1. The van der Waals surface area contributed by atoms with E-state index in [9.17, 15) is 23.3 Å². The normalized spacial score (nSPS) is 11.4. The second-order valence-corrected chi connectivity index (χ2v) is 7.68. The minimum Gasteiger partial charge on any atom is -0.322 e. The number of sulfonamides is 1. The molecule has 0 bridgehead atoms. The van der Waals surface area contributed by atoms with Crippen molar-refractivity contribution in [3.63, 3.8) is 0 Å². The van der Waals surface area contributed by atoms with Crippen molar-refractivity contribution in [1.29, 1.82) is 0 Å². The fourth-order valence-corrected chi connectivity index (χ4v) is 3.05. The molecule has 0 fully saturated rings. The molecule has 0 aliphatic heterocycles. The first-order valence-electron chi connectivity index (χ1n) is 7.22. The summed E-state index contributed by atoms with van der Waals surface area (Å²) in [5.41, 5.74) is 1.03. The van der Waals surface area contributed by atoms with E-state index in [4.69, 9.17) is 0 Å². The largest absolute Gasteiger partial charge is 0.322 e. The molecule has 0 saturated carbocycles. The lowest BCUT2D eigenvalue weighted by atomic mass is 10.1. The Bertz CT molecular complexity index is 939. The molecule has 2 rings (SSSR count). The van der Waals surface area contributed by atoms with Gasteiger partial charge >= 0.3 is 0 Å². The summed E-state index contributed by atoms with van der Waals surface area (Å²) in [7, 11) is -0.841. The van der Waals surface area contributed by atoms with Crippen LogP contribution in [0.25, 0.3) is 0 Å². The van der Waals surface area contributed by atoms with Crippen LogP contribution >= 0.6 is 0 Å². The van der Waals surface area contributed by atoms with Crippen molar-refractivity contribution in [1.82, 2.24) is 4.31 Å². The molecule has 0 radical (unpaired) electrons. The van der Waals surface area contributed by atoms with Gasteiger partial charge in [-0.25, -0.2) is 12.7 Å². The summed E-state index contributed by atoms with van der Waals surface area (Å²) in [6.07, 6.45) is 0. The zero-order chi connectivity index (χ0) is 18.8. The molecule has 1 N–H and O–H groups in total. The van der Waals surface area contributed by atoms with E-state index in [1.807, 2.05) is 0 Å². The number of non-ortho nitro benzene ring substituents is 1. The maximum absolute atomic E-state index is 12.4. The zero-order valence-corrected chi connectivity index (χ0v) is 14.7. The summed E-state index contributed by atoms with van der Waals surface area (Å²) in [6.45, 7) is 1.63. The lowest BCUT2D eigenvalue weighted by molar-refractivity contribution is -0.384. The van der Waals surface area contributed by atoms with Gasteiger partial charge in [0.05, 0.1) is 9.82 Å². The molecule has 0 spiro atoms. The van der Waals surface area contributed by atoms with Crippen LogP contribution in [-0.2, 0) is 10.0 Å². The van der Waals surface area contributed by atoms with E-state index in [0.29, 0.717) is 11.3 Å². The quantitative estimate of drug-likeness (QED) is 0.648. The second-order valence-electron chi connectivity index (χ2n) is 5.53. The van der Waals surface area contributed by atoms with E-state index < -0.39 is 20.9 Å². The molecule has 0 saturated heterocycles. The highest BCUT2D eigenvalue weighted by Crippen LogP contribution is 2.22. The van der Waals surface area contributed by atoms with Crippen LogP contribution in [0, 0.1) is 17.0 Å². The van der Waals surface area contributed by atoms with Crippen molar-refractivity contribution in [2.24, 2.45) is 0 Å². The van der Waals surface area contributed by atoms with Gasteiger partial charge in [-0.1, -0.05) is 6.07 Å². The first-order valence-corrected chi connectivity index (χ1v) is 8.66. The van der Waals surface area contributed by atoms with Gasteiger partial charge in [0, 0.05) is 37.5 Å². The molecule has 0 aliphatic carbocycles. The highest BCUT2D eigenvalue weighted by molar-refractivity contribution is 7.89. The van der Waals surface area contributed by atoms with Gasteiger partial charge in [0.25, 0.3) is 11.6 Å². The van der Waals surface area contributed by atoms with Crippen LogP contribution in [0.2, 0.25) is 0 Å². The summed E-state index contributed by atoms with van der Waals surface area (Å²) in [6, 6.07) is 9.73. The predicted molar refractivity (Wildman–Crippen MR) is 93.1 cm³/mol. The highest BCUT2D eigenvalue weighted by atomic mass is 32.2. The minimum atomic E-state index is -3.65. The molecule has 9 heteroatoms. The van der Waals surface area contributed by atoms with Crippen LogP contribution in [0.5, 0.6) is 0 Å². The third-order valence-corrected chi connectivity index (χ3v) is 5.35. The van der Waals surface area contributed by atoms with Gasteiger partial charge < -0.3 is 5.32 Å². The third kappa shape index (κ3) is 4.01. The standard InChI is InChI=1S/C16H17N3O5S/c1-11-9-13(19(21)22)7-8-15(11)17-16(20)12-5-4-6-14(10-12)25(23,24)18(2)3/h4-10H,1-3H3,(H,17,20). The first kappa shape index (κ1) is 18.6. The lowest BCUT2D eigenvalue weighted by Gasteiger charge is -2.13. The number of aryl methyl sites for hydroxylation is 1. The number of hydrogen-bond acceptors (Lipinski definition) is 5. The maximum Gasteiger partial charge on any atom is 0.269 e. The monoisotopic (exact) mass is 363 g/mol. The molecule has 0 heterocycles. The number of nitro groups is 1. The van der Waals surface area contributed by atoms with Crippen LogP contribution in [0.4, 0.5) is 11.4 Å². The van der Waals surface area contributed by atoms with Crippen molar-refractivity contribution in [3.8, 4) is 0 Å². The topological polar surface area (TPSA) is 110 Å². The maximum atomic E-state index is 12.4.